The first kappa shape index (κ1) is 11.5. The topological polar surface area (TPSA) is 59.5 Å². The summed E-state index contributed by atoms with van der Waals surface area (Å²) in [5.74, 6) is 0.589. The average molecular weight is 255 g/mol. The number of hydrogen-bond donors (Lipinski definition) is 1. The highest BCUT2D eigenvalue weighted by Crippen LogP contribution is 2.08. The van der Waals surface area contributed by atoms with Crippen molar-refractivity contribution < 1.29 is 9.21 Å². The quantitative estimate of drug-likeness (QED) is 0.780. The number of carbonyl (C=O) groups is 1. The monoisotopic (exact) mass is 255 g/mol. The summed E-state index contributed by atoms with van der Waals surface area (Å²) in [6, 6.07) is 7.15. The summed E-state index contributed by atoms with van der Waals surface area (Å²) < 4.78 is 7.05. The lowest BCUT2D eigenvalue weighted by Crippen LogP contribution is -2.22. The maximum Gasteiger partial charge on any atom is 0.251 e. The number of aryl methyl sites for hydroxylation is 1. The molecule has 0 radical (unpaired) electrons. The van der Waals surface area contributed by atoms with Crippen LogP contribution in [-0.4, -0.2) is 15.3 Å². The van der Waals surface area contributed by atoms with Crippen LogP contribution in [0.1, 0.15) is 21.8 Å². The van der Waals surface area contributed by atoms with Crippen molar-refractivity contribution in [1.29, 1.82) is 0 Å². The number of aromatic nitrogens is 2. The normalized spacial score (nSPS) is 10.8. The van der Waals surface area contributed by atoms with E-state index in [0.717, 1.165) is 17.1 Å². The van der Waals surface area contributed by atoms with Gasteiger partial charge < -0.3 is 14.1 Å². The number of furan rings is 1. The summed E-state index contributed by atoms with van der Waals surface area (Å²) >= 11 is 0. The molecule has 0 saturated heterocycles. The minimum absolute atomic E-state index is 0.139. The lowest BCUT2D eigenvalue weighted by atomic mass is 10.2. The lowest BCUT2D eigenvalue weighted by Gasteiger charge is -2.03. The molecular weight excluding hydrogens is 242 g/mol. The van der Waals surface area contributed by atoms with Gasteiger partial charge in [-0.15, -0.1) is 0 Å². The van der Waals surface area contributed by atoms with Crippen LogP contribution in [0.15, 0.2) is 47.3 Å². The Morgan fingerprint density at radius 3 is 3.16 bits per heavy atom. The van der Waals surface area contributed by atoms with Gasteiger partial charge in [-0.05, 0) is 31.2 Å². The molecule has 0 spiro atoms. The number of amides is 1. The largest absolute Gasteiger partial charge is 0.467 e. The van der Waals surface area contributed by atoms with Crippen LogP contribution in [0.3, 0.4) is 0 Å². The maximum atomic E-state index is 12.0. The summed E-state index contributed by atoms with van der Waals surface area (Å²) in [4.78, 5) is 16.3. The van der Waals surface area contributed by atoms with Gasteiger partial charge in [-0.3, -0.25) is 4.79 Å². The van der Waals surface area contributed by atoms with E-state index in [9.17, 15) is 4.79 Å². The smallest absolute Gasteiger partial charge is 0.251 e. The number of fused-ring (bicyclic) bond motifs is 1. The molecule has 19 heavy (non-hydrogen) atoms. The van der Waals surface area contributed by atoms with Crippen LogP contribution >= 0.6 is 0 Å². The van der Waals surface area contributed by atoms with Crippen molar-refractivity contribution in [1.82, 2.24) is 14.7 Å². The fourth-order valence-electron chi connectivity index (χ4n) is 1.93. The molecule has 5 nitrogen and oxygen atoms in total. The van der Waals surface area contributed by atoms with Crippen LogP contribution in [0, 0.1) is 6.92 Å². The number of carbonyl (C=O) groups excluding carboxylic acids is 1. The number of hydrogen-bond acceptors (Lipinski definition) is 3. The third-order valence-corrected chi connectivity index (χ3v) is 2.85. The van der Waals surface area contributed by atoms with Crippen molar-refractivity contribution in [3.8, 4) is 0 Å². The molecule has 0 aliphatic heterocycles. The van der Waals surface area contributed by atoms with Crippen molar-refractivity contribution in [2.75, 3.05) is 0 Å². The van der Waals surface area contributed by atoms with Crippen LogP contribution in [0.5, 0.6) is 0 Å². The molecule has 0 fully saturated rings. The molecule has 1 amide bonds. The van der Waals surface area contributed by atoms with Crippen LogP contribution in [0.2, 0.25) is 0 Å². The predicted octanol–water partition coefficient (Wildman–Crippen LogP) is 2.17. The van der Waals surface area contributed by atoms with Gasteiger partial charge >= 0.3 is 0 Å². The van der Waals surface area contributed by atoms with E-state index < -0.39 is 0 Å². The molecule has 0 aliphatic carbocycles. The highest BCUT2D eigenvalue weighted by Gasteiger charge is 2.08. The van der Waals surface area contributed by atoms with E-state index in [0.29, 0.717) is 12.1 Å². The highest BCUT2D eigenvalue weighted by atomic mass is 16.3. The van der Waals surface area contributed by atoms with E-state index in [1.165, 1.54) is 0 Å². The number of imidazole rings is 1. The Kier molecular flexibility index (Phi) is 2.79. The summed E-state index contributed by atoms with van der Waals surface area (Å²) in [5, 5.41) is 2.80. The predicted molar refractivity (Wildman–Crippen MR) is 69.8 cm³/mol. The zero-order chi connectivity index (χ0) is 13.2. The molecule has 3 heterocycles. The fourth-order valence-corrected chi connectivity index (χ4v) is 1.93. The van der Waals surface area contributed by atoms with Gasteiger partial charge in [-0.2, -0.15) is 0 Å². The van der Waals surface area contributed by atoms with Gasteiger partial charge in [0.05, 0.1) is 18.5 Å². The molecule has 0 aliphatic rings. The number of nitrogens with one attached hydrogen (secondary N) is 1. The minimum atomic E-state index is -0.139. The van der Waals surface area contributed by atoms with Gasteiger partial charge in [0.1, 0.15) is 11.4 Å². The van der Waals surface area contributed by atoms with E-state index in [-0.39, 0.29) is 5.91 Å². The minimum Gasteiger partial charge on any atom is -0.467 e. The first-order valence-electron chi connectivity index (χ1n) is 5.98. The van der Waals surface area contributed by atoms with Crippen molar-refractivity contribution in [3.05, 3.63) is 59.9 Å². The third-order valence-electron chi connectivity index (χ3n) is 2.85. The fraction of sp³-hybridized carbons (Fsp3) is 0.143. The van der Waals surface area contributed by atoms with Gasteiger partial charge in [0, 0.05) is 18.0 Å². The van der Waals surface area contributed by atoms with Crippen LogP contribution in [-0.2, 0) is 6.54 Å². The molecule has 5 heteroatoms. The van der Waals surface area contributed by atoms with Gasteiger partial charge in [-0.1, -0.05) is 0 Å². The zero-order valence-corrected chi connectivity index (χ0v) is 10.5. The highest BCUT2D eigenvalue weighted by molar-refractivity contribution is 5.94. The third kappa shape index (κ3) is 2.35. The standard InChI is InChI=1S/C14H13N3O2/c1-10-9-17-5-4-11(7-13(17)16-10)14(18)15-8-12-3-2-6-19-12/h2-7,9H,8H2,1H3,(H,15,18). The molecule has 96 valence electrons. The van der Waals surface area contributed by atoms with E-state index >= 15 is 0 Å². The van der Waals surface area contributed by atoms with Crippen molar-refractivity contribution in [2.24, 2.45) is 0 Å². The van der Waals surface area contributed by atoms with E-state index in [1.807, 2.05) is 29.8 Å². The van der Waals surface area contributed by atoms with Crippen molar-refractivity contribution in [3.63, 3.8) is 0 Å². The molecule has 0 aromatic carbocycles. The van der Waals surface area contributed by atoms with E-state index in [4.69, 9.17) is 4.42 Å². The zero-order valence-electron chi connectivity index (χ0n) is 10.5. The van der Waals surface area contributed by atoms with Crippen LogP contribution in [0.4, 0.5) is 0 Å². The van der Waals surface area contributed by atoms with Crippen molar-refractivity contribution in [2.45, 2.75) is 13.5 Å². The molecule has 0 atom stereocenters. The molecule has 0 bridgehead atoms. The molecule has 3 aromatic heterocycles. The molecule has 1 N–H and O–H groups in total. The second kappa shape index (κ2) is 4.61. The molecular formula is C14H13N3O2. The number of nitrogens with zero attached hydrogens (tertiary/aromatic N) is 2. The maximum absolute atomic E-state index is 12.0. The molecule has 0 unspecified atom stereocenters. The Morgan fingerprint density at radius 2 is 2.37 bits per heavy atom. The number of rotatable bonds is 3. The Bertz CT molecular complexity index is 713. The molecule has 3 rings (SSSR count). The van der Waals surface area contributed by atoms with Crippen LogP contribution in [0.25, 0.3) is 5.65 Å². The van der Waals surface area contributed by atoms with E-state index in [1.54, 1.807) is 24.5 Å². The summed E-state index contributed by atoms with van der Waals surface area (Å²) in [7, 11) is 0. The Hall–Kier alpha value is -2.56. The summed E-state index contributed by atoms with van der Waals surface area (Å²) in [6.07, 6.45) is 5.33. The first-order chi connectivity index (χ1) is 9.22. The van der Waals surface area contributed by atoms with Gasteiger partial charge in [0.15, 0.2) is 0 Å². The Morgan fingerprint density at radius 1 is 1.47 bits per heavy atom. The second-order valence-electron chi connectivity index (χ2n) is 4.33. The first-order valence-corrected chi connectivity index (χ1v) is 5.98. The molecule has 0 saturated carbocycles. The van der Waals surface area contributed by atoms with Crippen molar-refractivity contribution >= 4 is 11.6 Å². The second-order valence-corrected chi connectivity index (χ2v) is 4.33. The lowest BCUT2D eigenvalue weighted by molar-refractivity contribution is 0.0948. The van der Waals surface area contributed by atoms with Gasteiger partial charge in [0.25, 0.3) is 5.91 Å². The average Bonchev–Trinajstić information content (AvgIpc) is 3.02. The Labute approximate surface area is 109 Å². The SMILES string of the molecule is Cc1cn2ccc(C(=O)NCc3ccco3)cc2n1. The van der Waals surface area contributed by atoms with Crippen LogP contribution < -0.4 is 5.32 Å². The Balaban J connectivity index is 1.77. The molecule has 3 aromatic rings. The van der Waals surface area contributed by atoms with Gasteiger partial charge in [0.2, 0.25) is 0 Å². The summed E-state index contributed by atoms with van der Waals surface area (Å²) in [6.45, 7) is 2.30. The van der Waals surface area contributed by atoms with Gasteiger partial charge in [-0.25, -0.2) is 4.98 Å². The summed E-state index contributed by atoms with van der Waals surface area (Å²) in [5.41, 5.74) is 2.28. The number of pyridine rings is 1. The van der Waals surface area contributed by atoms with E-state index in [2.05, 4.69) is 10.3 Å².